The molecule has 17 heavy (non-hydrogen) atoms. The van der Waals surface area contributed by atoms with E-state index in [0.717, 1.165) is 12.0 Å². The molecule has 0 aliphatic carbocycles. The lowest BCUT2D eigenvalue weighted by molar-refractivity contribution is 0.414. The zero-order valence-corrected chi connectivity index (χ0v) is 10.3. The van der Waals surface area contributed by atoms with E-state index >= 15 is 0 Å². The van der Waals surface area contributed by atoms with Crippen LogP contribution in [0.4, 0.5) is 0 Å². The summed E-state index contributed by atoms with van der Waals surface area (Å²) < 4.78 is 0. The van der Waals surface area contributed by atoms with Crippen LogP contribution in [0, 0.1) is 12.3 Å². The summed E-state index contributed by atoms with van der Waals surface area (Å²) in [5.41, 5.74) is 0.762. The summed E-state index contributed by atoms with van der Waals surface area (Å²) in [7, 11) is 0. The van der Waals surface area contributed by atoms with E-state index in [2.05, 4.69) is 18.2 Å². The Morgan fingerprint density at radius 1 is 1.41 bits per heavy atom. The maximum Gasteiger partial charge on any atom is 0.124 e. The highest BCUT2D eigenvalue weighted by atomic mass is 16.3. The second kappa shape index (κ2) is 6.17. The molecule has 0 fully saturated rings. The lowest BCUT2D eigenvalue weighted by atomic mass is 10.0. The molecule has 3 N–H and O–H groups in total. The maximum absolute atomic E-state index is 9.74. The molecule has 2 unspecified atom stereocenters. The topological polar surface area (TPSA) is 52.5 Å². The van der Waals surface area contributed by atoms with Crippen LogP contribution in [0.3, 0.4) is 0 Å². The van der Waals surface area contributed by atoms with Gasteiger partial charge in [-0.15, -0.1) is 12.3 Å². The Morgan fingerprint density at radius 3 is 2.65 bits per heavy atom. The van der Waals surface area contributed by atoms with E-state index in [9.17, 15) is 10.2 Å². The smallest absolute Gasteiger partial charge is 0.124 e. The Balaban J connectivity index is 2.75. The van der Waals surface area contributed by atoms with Gasteiger partial charge in [-0.25, -0.2) is 0 Å². The molecule has 92 valence electrons. The van der Waals surface area contributed by atoms with Crippen molar-refractivity contribution < 1.29 is 10.2 Å². The first-order chi connectivity index (χ1) is 8.08. The fourth-order valence-corrected chi connectivity index (χ4v) is 1.80. The van der Waals surface area contributed by atoms with Crippen molar-refractivity contribution in [1.29, 1.82) is 0 Å². The standard InChI is InChI=1S/C14H19NO2/c1-4-6-11(5-2)15-10(3)13-8-7-12(16)9-14(13)17/h1,7-11,15-17H,5-6H2,2-3H3. The zero-order chi connectivity index (χ0) is 12.8. The number of aromatic hydroxyl groups is 2. The summed E-state index contributed by atoms with van der Waals surface area (Å²) in [5, 5.41) is 22.3. The Bertz CT molecular complexity index is 409. The third-order valence-corrected chi connectivity index (χ3v) is 2.82. The summed E-state index contributed by atoms with van der Waals surface area (Å²) in [6.07, 6.45) is 6.90. The molecule has 0 amide bonds. The third kappa shape index (κ3) is 3.69. The van der Waals surface area contributed by atoms with Gasteiger partial charge in [0.05, 0.1) is 0 Å². The van der Waals surface area contributed by atoms with Gasteiger partial charge in [0, 0.05) is 30.1 Å². The van der Waals surface area contributed by atoms with Crippen LogP contribution in [0.25, 0.3) is 0 Å². The molecule has 0 aliphatic rings. The van der Waals surface area contributed by atoms with Crippen LogP contribution >= 0.6 is 0 Å². The molecule has 0 aromatic heterocycles. The molecule has 0 saturated carbocycles. The van der Waals surface area contributed by atoms with Crippen molar-refractivity contribution in [3.8, 4) is 23.8 Å². The molecule has 2 atom stereocenters. The number of phenols is 2. The predicted octanol–water partition coefficient (Wildman–Crippen LogP) is 2.55. The first-order valence-electron chi connectivity index (χ1n) is 5.79. The molecule has 1 rings (SSSR count). The predicted molar refractivity (Wildman–Crippen MR) is 68.9 cm³/mol. The number of phenolic OH excluding ortho intramolecular Hbond substituents is 2. The number of benzene rings is 1. The van der Waals surface area contributed by atoms with E-state index < -0.39 is 0 Å². The van der Waals surface area contributed by atoms with E-state index in [1.54, 1.807) is 12.1 Å². The van der Waals surface area contributed by atoms with Crippen LogP contribution < -0.4 is 5.32 Å². The molecule has 1 aromatic rings. The third-order valence-electron chi connectivity index (χ3n) is 2.82. The van der Waals surface area contributed by atoms with Gasteiger partial charge in [0.1, 0.15) is 11.5 Å². The molecule has 0 bridgehead atoms. The summed E-state index contributed by atoms with van der Waals surface area (Å²) in [6.45, 7) is 4.03. The summed E-state index contributed by atoms with van der Waals surface area (Å²) in [5.74, 6) is 2.80. The molecule has 0 saturated heterocycles. The molecule has 0 heterocycles. The summed E-state index contributed by atoms with van der Waals surface area (Å²) >= 11 is 0. The zero-order valence-electron chi connectivity index (χ0n) is 10.3. The first-order valence-corrected chi connectivity index (χ1v) is 5.79. The molecule has 0 aliphatic heterocycles. The highest BCUT2D eigenvalue weighted by molar-refractivity contribution is 5.40. The van der Waals surface area contributed by atoms with Gasteiger partial charge < -0.3 is 15.5 Å². The second-order valence-electron chi connectivity index (χ2n) is 4.14. The quantitative estimate of drug-likeness (QED) is 0.685. The van der Waals surface area contributed by atoms with Crippen molar-refractivity contribution in [1.82, 2.24) is 5.32 Å². The largest absolute Gasteiger partial charge is 0.508 e. The van der Waals surface area contributed by atoms with Crippen LogP contribution in [-0.2, 0) is 0 Å². The normalized spacial score (nSPS) is 13.9. The molecule has 1 aromatic carbocycles. The minimum absolute atomic E-state index is 0.00565. The van der Waals surface area contributed by atoms with Gasteiger partial charge in [-0.1, -0.05) is 13.0 Å². The second-order valence-corrected chi connectivity index (χ2v) is 4.14. The van der Waals surface area contributed by atoms with Gasteiger partial charge in [-0.05, 0) is 19.4 Å². The van der Waals surface area contributed by atoms with Gasteiger partial charge in [-0.2, -0.15) is 0 Å². The number of nitrogens with one attached hydrogen (secondary N) is 1. The van der Waals surface area contributed by atoms with Crippen molar-refractivity contribution in [2.45, 2.75) is 38.8 Å². The number of rotatable bonds is 5. The maximum atomic E-state index is 9.74. The summed E-state index contributed by atoms with van der Waals surface area (Å²) in [6, 6.07) is 4.85. The Morgan fingerprint density at radius 2 is 2.12 bits per heavy atom. The van der Waals surface area contributed by atoms with Gasteiger partial charge in [0.15, 0.2) is 0 Å². The molecule has 3 nitrogen and oxygen atoms in total. The number of hydrogen-bond donors (Lipinski definition) is 3. The van der Waals surface area contributed by atoms with Gasteiger partial charge in [-0.3, -0.25) is 0 Å². The SMILES string of the molecule is C#CCC(CC)NC(C)c1ccc(O)cc1O. The lowest BCUT2D eigenvalue weighted by Gasteiger charge is -2.21. The Hall–Kier alpha value is -1.66. The average Bonchev–Trinajstić information content (AvgIpc) is 2.28. The van der Waals surface area contributed by atoms with Crippen LogP contribution in [0.1, 0.15) is 38.3 Å². The van der Waals surface area contributed by atoms with E-state index in [4.69, 9.17) is 6.42 Å². The van der Waals surface area contributed by atoms with Crippen LogP contribution in [0.2, 0.25) is 0 Å². The minimum Gasteiger partial charge on any atom is -0.508 e. The highest BCUT2D eigenvalue weighted by Gasteiger charge is 2.14. The molecular formula is C14H19NO2. The van der Waals surface area contributed by atoms with E-state index in [1.165, 1.54) is 6.07 Å². The monoisotopic (exact) mass is 233 g/mol. The minimum atomic E-state index is -0.00565. The fraction of sp³-hybridized carbons (Fsp3) is 0.429. The number of terminal acetylenes is 1. The van der Waals surface area contributed by atoms with Gasteiger partial charge in [0.2, 0.25) is 0 Å². The van der Waals surface area contributed by atoms with Crippen LogP contribution in [0.15, 0.2) is 18.2 Å². The van der Waals surface area contributed by atoms with Crippen molar-refractivity contribution in [2.24, 2.45) is 0 Å². The van der Waals surface area contributed by atoms with Crippen LogP contribution in [-0.4, -0.2) is 16.3 Å². The Labute approximate surface area is 102 Å². The lowest BCUT2D eigenvalue weighted by Crippen LogP contribution is -2.30. The molecule has 0 radical (unpaired) electrons. The molecule has 3 heteroatoms. The number of hydrogen-bond acceptors (Lipinski definition) is 3. The van der Waals surface area contributed by atoms with Crippen LogP contribution in [0.5, 0.6) is 11.5 Å². The van der Waals surface area contributed by atoms with Gasteiger partial charge >= 0.3 is 0 Å². The van der Waals surface area contributed by atoms with Crippen molar-refractivity contribution in [2.75, 3.05) is 0 Å². The summed E-state index contributed by atoms with van der Waals surface area (Å²) in [4.78, 5) is 0. The first kappa shape index (κ1) is 13.4. The van der Waals surface area contributed by atoms with Crippen molar-refractivity contribution in [3.63, 3.8) is 0 Å². The van der Waals surface area contributed by atoms with Crippen molar-refractivity contribution in [3.05, 3.63) is 23.8 Å². The van der Waals surface area contributed by atoms with E-state index in [-0.39, 0.29) is 23.6 Å². The molecule has 0 spiro atoms. The van der Waals surface area contributed by atoms with Gasteiger partial charge in [0.25, 0.3) is 0 Å². The molecular weight excluding hydrogens is 214 g/mol. The Kier molecular flexibility index (Phi) is 4.86. The average molecular weight is 233 g/mol. The fourth-order valence-electron chi connectivity index (χ4n) is 1.80. The van der Waals surface area contributed by atoms with E-state index in [0.29, 0.717) is 6.42 Å². The highest BCUT2D eigenvalue weighted by Crippen LogP contribution is 2.28. The van der Waals surface area contributed by atoms with E-state index in [1.807, 2.05) is 6.92 Å². The van der Waals surface area contributed by atoms with Crippen molar-refractivity contribution >= 4 is 0 Å².